The van der Waals surface area contributed by atoms with Crippen LogP contribution in [0, 0.1) is 18.6 Å². The third-order valence-electron chi connectivity index (χ3n) is 4.97. The maximum atomic E-state index is 12.1. The molecule has 9 heteroatoms. The van der Waals surface area contributed by atoms with Crippen molar-refractivity contribution in [3.05, 3.63) is 34.1 Å². The molecule has 2 heterocycles. The zero-order chi connectivity index (χ0) is 21.2. The summed E-state index contributed by atoms with van der Waals surface area (Å²) in [5, 5.41) is 11.6. The van der Waals surface area contributed by atoms with E-state index in [1.54, 1.807) is 9.36 Å². The van der Waals surface area contributed by atoms with Crippen LogP contribution in [0.4, 0.5) is 0 Å². The maximum absolute atomic E-state index is 12.1. The summed E-state index contributed by atoms with van der Waals surface area (Å²) in [6.07, 6.45) is 0. The van der Waals surface area contributed by atoms with Crippen molar-refractivity contribution in [1.82, 2.24) is 34.9 Å². The monoisotopic (exact) mass is 417 g/mol. The van der Waals surface area contributed by atoms with Crippen LogP contribution in [-0.4, -0.2) is 73.8 Å². The first-order chi connectivity index (χ1) is 13.6. The Bertz CT molecular complexity index is 899. The smallest absolute Gasteiger partial charge is 0.234 e. The molecule has 1 aromatic heterocycles. The molecule has 0 bridgehead atoms. The van der Waals surface area contributed by atoms with E-state index in [0.717, 1.165) is 43.0 Å². The molecule has 1 aliphatic rings. The molecule has 3 rings (SSSR count). The van der Waals surface area contributed by atoms with Gasteiger partial charge in [-0.2, -0.15) is 4.68 Å². The Morgan fingerprint density at radius 3 is 2.24 bits per heavy atom. The Kier molecular flexibility index (Phi) is 6.50. The van der Waals surface area contributed by atoms with E-state index >= 15 is 0 Å². The number of nitrogens with zero attached hydrogens (tertiary/aromatic N) is 6. The summed E-state index contributed by atoms with van der Waals surface area (Å²) in [5.74, 6) is 0.0738. The molecule has 0 unspecified atom stereocenters. The largest absolute Gasteiger partial charge is 0.350 e. The summed E-state index contributed by atoms with van der Waals surface area (Å²) in [7, 11) is 0. The second kappa shape index (κ2) is 8.73. The lowest BCUT2D eigenvalue weighted by Crippen LogP contribution is -2.51. The van der Waals surface area contributed by atoms with Gasteiger partial charge in [0.25, 0.3) is 0 Å². The van der Waals surface area contributed by atoms with E-state index in [1.165, 1.54) is 0 Å². The molecule has 0 aliphatic carbocycles. The van der Waals surface area contributed by atoms with Gasteiger partial charge in [0.1, 0.15) is 0 Å². The van der Waals surface area contributed by atoms with E-state index in [4.69, 9.17) is 12.2 Å². The normalized spacial score (nSPS) is 16.2. The van der Waals surface area contributed by atoms with Crippen LogP contribution in [0.1, 0.15) is 31.9 Å². The number of carbonyl (C=O) groups is 1. The first-order valence-electron chi connectivity index (χ1n) is 9.99. The van der Waals surface area contributed by atoms with Crippen LogP contribution in [0.25, 0.3) is 5.69 Å². The van der Waals surface area contributed by atoms with Gasteiger partial charge in [-0.05, 0) is 68.4 Å². The zero-order valence-corrected chi connectivity index (χ0v) is 18.8. The summed E-state index contributed by atoms with van der Waals surface area (Å²) < 4.78 is 4.10. The first-order valence-corrected chi connectivity index (χ1v) is 10.4. The minimum atomic E-state index is -0.198. The Labute approximate surface area is 177 Å². The molecule has 1 aliphatic heterocycles. The summed E-state index contributed by atoms with van der Waals surface area (Å²) >= 11 is 5.64. The Balaban J connectivity index is 1.59. The number of aromatic nitrogens is 4. The number of para-hydroxylation sites is 1. The van der Waals surface area contributed by atoms with Crippen molar-refractivity contribution in [1.29, 1.82) is 0 Å². The SMILES string of the molecule is Cc1cccc(C)c1-n1nnn(CN2CCN(CC(=O)NC(C)(C)C)CC2)c1=S. The number of amides is 1. The first kappa shape index (κ1) is 21.6. The Morgan fingerprint density at radius 1 is 1.07 bits per heavy atom. The van der Waals surface area contributed by atoms with Gasteiger partial charge >= 0.3 is 0 Å². The van der Waals surface area contributed by atoms with E-state index in [9.17, 15) is 4.79 Å². The van der Waals surface area contributed by atoms with Gasteiger partial charge in [0, 0.05) is 31.7 Å². The minimum Gasteiger partial charge on any atom is -0.350 e. The number of hydrogen-bond donors (Lipinski definition) is 1. The maximum Gasteiger partial charge on any atom is 0.234 e. The van der Waals surface area contributed by atoms with Gasteiger partial charge < -0.3 is 5.32 Å². The molecular weight excluding hydrogens is 386 g/mol. The van der Waals surface area contributed by atoms with Crippen LogP contribution in [0.5, 0.6) is 0 Å². The highest BCUT2D eigenvalue weighted by Crippen LogP contribution is 2.18. The Hall–Kier alpha value is -2.10. The molecular formula is C20H31N7OS. The summed E-state index contributed by atoms with van der Waals surface area (Å²) in [6, 6.07) is 6.14. The number of rotatable bonds is 5. The number of piperazine rings is 1. The van der Waals surface area contributed by atoms with Crippen LogP contribution in [-0.2, 0) is 11.5 Å². The van der Waals surface area contributed by atoms with Crippen molar-refractivity contribution in [2.24, 2.45) is 0 Å². The molecule has 158 valence electrons. The molecule has 1 fully saturated rings. The highest BCUT2D eigenvalue weighted by Gasteiger charge is 2.22. The predicted octanol–water partition coefficient (Wildman–Crippen LogP) is 1.90. The molecule has 1 aromatic carbocycles. The molecule has 0 spiro atoms. The standard InChI is InChI=1S/C20H31N7OS/c1-15-7-6-8-16(2)18(15)27-19(29)26(22-23-27)14-25-11-9-24(10-12-25)13-17(28)21-20(3,4)5/h6-8H,9-14H2,1-5H3,(H,21,28). The topological polar surface area (TPSA) is 71.2 Å². The molecule has 1 amide bonds. The van der Waals surface area contributed by atoms with E-state index in [2.05, 4.69) is 51.5 Å². The lowest BCUT2D eigenvalue weighted by Gasteiger charge is -2.34. The molecule has 0 saturated carbocycles. The lowest BCUT2D eigenvalue weighted by atomic mass is 10.1. The van der Waals surface area contributed by atoms with E-state index < -0.39 is 0 Å². The minimum absolute atomic E-state index is 0.0738. The highest BCUT2D eigenvalue weighted by atomic mass is 32.1. The van der Waals surface area contributed by atoms with Gasteiger partial charge in [-0.15, -0.1) is 0 Å². The van der Waals surface area contributed by atoms with Crippen molar-refractivity contribution in [2.75, 3.05) is 32.7 Å². The predicted molar refractivity (Wildman–Crippen MR) is 116 cm³/mol. The highest BCUT2D eigenvalue weighted by molar-refractivity contribution is 7.71. The fraction of sp³-hybridized carbons (Fsp3) is 0.600. The number of benzene rings is 1. The number of carbonyl (C=O) groups excluding carboxylic acids is 1. The number of tetrazole rings is 1. The van der Waals surface area contributed by atoms with Crippen molar-refractivity contribution in [2.45, 2.75) is 46.8 Å². The second-order valence-corrected chi connectivity index (χ2v) is 9.11. The van der Waals surface area contributed by atoms with Gasteiger partial charge in [0.15, 0.2) is 0 Å². The number of aryl methyl sites for hydroxylation is 2. The molecule has 2 aromatic rings. The van der Waals surface area contributed by atoms with Crippen molar-refractivity contribution >= 4 is 18.1 Å². The molecule has 0 radical (unpaired) electrons. The lowest BCUT2D eigenvalue weighted by molar-refractivity contribution is -0.124. The zero-order valence-electron chi connectivity index (χ0n) is 18.0. The second-order valence-electron chi connectivity index (χ2n) is 8.75. The average molecular weight is 418 g/mol. The van der Waals surface area contributed by atoms with Gasteiger partial charge in [-0.1, -0.05) is 18.2 Å². The fourth-order valence-corrected chi connectivity index (χ4v) is 3.80. The third kappa shape index (κ3) is 5.49. The van der Waals surface area contributed by atoms with Crippen molar-refractivity contribution < 1.29 is 4.79 Å². The number of hydrogen-bond acceptors (Lipinski definition) is 6. The van der Waals surface area contributed by atoms with Crippen LogP contribution >= 0.6 is 12.2 Å². The van der Waals surface area contributed by atoms with Gasteiger partial charge in [-0.3, -0.25) is 14.6 Å². The van der Waals surface area contributed by atoms with Gasteiger partial charge in [0.05, 0.1) is 18.9 Å². The van der Waals surface area contributed by atoms with Crippen LogP contribution < -0.4 is 5.32 Å². The molecule has 1 saturated heterocycles. The number of nitrogens with one attached hydrogen (secondary N) is 1. The fourth-order valence-electron chi connectivity index (χ4n) is 3.58. The van der Waals surface area contributed by atoms with E-state index in [1.807, 2.05) is 26.8 Å². The quantitative estimate of drug-likeness (QED) is 0.750. The van der Waals surface area contributed by atoms with Gasteiger partial charge in [0.2, 0.25) is 10.7 Å². The van der Waals surface area contributed by atoms with Crippen LogP contribution in [0.3, 0.4) is 0 Å². The van der Waals surface area contributed by atoms with Crippen molar-refractivity contribution in [3.63, 3.8) is 0 Å². The van der Waals surface area contributed by atoms with E-state index in [-0.39, 0.29) is 11.4 Å². The molecule has 8 nitrogen and oxygen atoms in total. The Morgan fingerprint density at radius 2 is 1.66 bits per heavy atom. The van der Waals surface area contributed by atoms with Crippen LogP contribution in [0.15, 0.2) is 18.2 Å². The summed E-state index contributed by atoms with van der Waals surface area (Å²) in [4.78, 5) is 16.6. The molecule has 1 N–H and O–H groups in total. The summed E-state index contributed by atoms with van der Waals surface area (Å²) in [5.41, 5.74) is 3.04. The molecule has 0 atom stereocenters. The molecule has 29 heavy (non-hydrogen) atoms. The van der Waals surface area contributed by atoms with E-state index in [0.29, 0.717) is 18.0 Å². The van der Waals surface area contributed by atoms with Crippen molar-refractivity contribution in [3.8, 4) is 5.69 Å². The summed E-state index contributed by atoms with van der Waals surface area (Å²) in [6.45, 7) is 14.6. The van der Waals surface area contributed by atoms with Crippen LogP contribution in [0.2, 0.25) is 0 Å². The third-order valence-corrected chi connectivity index (χ3v) is 5.35. The van der Waals surface area contributed by atoms with Gasteiger partial charge in [-0.25, -0.2) is 4.68 Å². The average Bonchev–Trinajstić information content (AvgIpc) is 2.96.